The lowest BCUT2D eigenvalue weighted by atomic mass is 10.2. The lowest BCUT2D eigenvalue weighted by molar-refractivity contribution is 0.194. The Kier molecular flexibility index (Phi) is 13.6. The quantitative estimate of drug-likeness (QED) is 0.379. The van der Waals surface area contributed by atoms with Gasteiger partial charge in [0.25, 0.3) is 0 Å². The summed E-state index contributed by atoms with van der Waals surface area (Å²) >= 11 is 0. The summed E-state index contributed by atoms with van der Waals surface area (Å²) in [5, 5.41) is 0. The molecule has 0 rings (SSSR count). The van der Waals surface area contributed by atoms with Gasteiger partial charge in [-0.15, -0.1) is 0 Å². The Morgan fingerprint density at radius 3 is 1.50 bits per heavy atom. The van der Waals surface area contributed by atoms with Gasteiger partial charge in [-0.1, -0.05) is 52.4 Å². The maximum absolute atomic E-state index is 5.52. The minimum atomic E-state index is -1.58. The highest BCUT2D eigenvalue weighted by atomic mass is 28.3. The van der Waals surface area contributed by atoms with Gasteiger partial charge in [0.05, 0.1) is 0 Å². The van der Waals surface area contributed by atoms with E-state index >= 15 is 0 Å². The monoisotopic (exact) mass is 275 g/mol. The third kappa shape index (κ3) is 9.08. The zero-order valence-electron chi connectivity index (χ0n) is 12.9. The van der Waals surface area contributed by atoms with Gasteiger partial charge in [-0.3, -0.25) is 4.57 Å². The largest absolute Gasteiger partial charge is 0.410 e. The lowest BCUT2D eigenvalue weighted by Gasteiger charge is -2.27. The van der Waals surface area contributed by atoms with Crippen molar-refractivity contribution in [2.24, 2.45) is 0 Å². The van der Waals surface area contributed by atoms with Crippen LogP contribution in [0.3, 0.4) is 0 Å². The molecule has 0 N–H and O–H groups in total. The summed E-state index contributed by atoms with van der Waals surface area (Å²) in [6.07, 6.45) is 10.5. The van der Waals surface area contributed by atoms with E-state index in [0.29, 0.717) is 0 Å². The second-order valence-electron chi connectivity index (χ2n) is 4.94. The first-order chi connectivity index (χ1) is 8.79. The average molecular weight is 276 g/mol. The van der Waals surface area contributed by atoms with E-state index in [9.17, 15) is 0 Å². The van der Waals surface area contributed by atoms with Crippen molar-refractivity contribution in [3.05, 3.63) is 0 Å². The van der Waals surface area contributed by atoms with E-state index in [4.69, 9.17) is 8.85 Å². The molecule has 0 saturated heterocycles. The zero-order valence-corrected chi connectivity index (χ0v) is 14.1. The predicted molar refractivity (Wildman–Crippen MR) is 81.0 cm³/mol. The molecule has 18 heavy (non-hydrogen) atoms. The Bertz CT molecular complexity index is 154. The van der Waals surface area contributed by atoms with Crippen LogP contribution >= 0.6 is 0 Å². The average Bonchev–Trinajstić information content (AvgIpc) is 2.40. The van der Waals surface area contributed by atoms with Crippen molar-refractivity contribution in [3.63, 3.8) is 0 Å². The van der Waals surface area contributed by atoms with Crippen LogP contribution in [-0.2, 0) is 8.85 Å². The molecule has 0 aromatic carbocycles. The van der Waals surface area contributed by atoms with Crippen molar-refractivity contribution >= 4 is 9.45 Å². The van der Waals surface area contributed by atoms with Crippen LogP contribution in [0.25, 0.3) is 0 Å². The summed E-state index contributed by atoms with van der Waals surface area (Å²) in [5.41, 5.74) is 0. The molecule has 0 amide bonds. The van der Waals surface area contributed by atoms with Crippen molar-refractivity contribution in [3.8, 4) is 0 Å². The van der Waals surface area contributed by atoms with Crippen LogP contribution in [0, 0.1) is 0 Å². The molecular weight excluding hydrogens is 242 g/mol. The van der Waals surface area contributed by atoms with Crippen molar-refractivity contribution in [2.45, 2.75) is 65.2 Å². The highest BCUT2D eigenvalue weighted by molar-refractivity contribution is 6.40. The van der Waals surface area contributed by atoms with Gasteiger partial charge in [-0.05, 0) is 25.9 Å². The van der Waals surface area contributed by atoms with Crippen LogP contribution in [0.2, 0.25) is 0 Å². The minimum Gasteiger partial charge on any atom is -0.388 e. The molecule has 0 aromatic rings. The molecule has 0 unspecified atom stereocenters. The first kappa shape index (κ1) is 18.1. The fourth-order valence-corrected chi connectivity index (χ4v) is 3.78. The van der Waals surface area contributed by atoms with Crippen LogP contribution < -0.4 is 0 Å². The maximum atomic E-state index is 5.52. The van der Waals surface area contributed by atoms with Gasteiger partial charge in [-0.25, -0.2) is 0 Å². The summed E-state index contributed by atoms with van der Waals surface area (Å²) in [6, 6.07) is 0. The van der Waals surface area contributed by atoms with Gasteiger partial charge in [-0.2, -0.15) is 0 Å². The van der Waals surface area contributed by atoms with E-state index in [-0.39, 0.29) is 0 Å². The van der Waals surface area contributed by atoms with Gasteiger partial charge < -0.3 is 8.85 Å². The second kappa shape index (κ2) is 13.5. The smallest absolute Gasteiger partial charge is 0.388 e. The molecule has 0 heterocycles. The third-order valence-corrected chi connectivity index (χ3v) is 5.22. The van der Waals surface area contributed by atoms with Crippen LogP contribution in [0.5, 0.6) is 0 Å². The molecule has 0 spiro atoms. The molecule has 0 aliphatic rings. The fraction of sp³-hybridized carbons (Fsp3) is 1.00. The lowest BCUT2D eigenvalue weighted by Crippen LogP contribution is -2.44. The van der Waals surface area contributed by atoms with Crippen molar-refractivity contribution in [1.29, 1.82) is 0 Å². The number of rotatable bonds is 13. The first-order valence-corrected chi connectivity index (χ1v) is 9.05. The Morgan fingerprint density at radius 1 is 0.722 bits per heavy atom. The third-order valence-electron chi connectivity index (χ3n) is 3.30. The van der Waals surface area contributed by atoms with Gasteiger partial charge in [0.2, 0.25) is 0 Å². The normalized spacial score (nSPS) is 11.7. The van der Waals surface area contributed by atoms with E-state index < -0.39 is 9.45 Å². The van der Waals surface area contributed by atoms with E-state index in [1.165, 1.54) is 51.4 Å². The Morgan fingerprint density at radius 2 is 1.17 bits per heavy atom. The van der Waals surface area contributed by atoms with E-state index in [2.05, 4.69) is 18.4 Å². The number of unbranched alkanes of at least 4 members (excludes halogenated alkanes) is 6. The SMILES string of the molecule is CCCCCCN(CCCCCC)[SiH](OC)OC. The van der Waals surface area contributed by atoms with Crippen LogP contribution in [0.1, 0.15) is 65.2 Å². The molecule has 110 valence electrons. The molecular formula is C14H33NO2Si. The summed E-state index contributed by atoms with van der Waals surface area (Å²) in [7, 11) is 1.99. The molecule has 0 saturated carbocycles. The summed E-state index contributed by atoms with van der Waals surface area (Å²) in [5.74, 6) is 0. The van der Waals surface area contributed by atoms with Crippen molar-refractivity contribution in [2.75, 3.05) is 27.3 Å². The Balaban J connectivity index is 3.91. The topological polar surface area (TPSA) is 21.7 Å². The fourth-order valence-electron chi connectivity index (χ4n) is 2.20. The first-order valence-electron chi connectivity index (χ1n) is 7.59. The molecule has 0 aliphatic carbocycles. The highest BCUT2D eigenvalue weighted by Crippen LogP contribution is 2.07. The van der Waals surface area contributed by atoms with Gasteiger partial charge in [0.1, 0.15) is 0 Å². The summed E-state index contributed by atoms with van der Waals surface area (Å²) in [4.78, 5) is 0. The van der Waals surface area contributed by atoms with E-state index in [0.717, 1.165) is 13.1 Å². The molecule has 0 atom stereocenters. The highest BCUT2D eigenvalue weighted by Gasteiger charge is 2.20. The van der Waals surface area contributed by atoms with Gasteiger partial charge >= 0.3 is 9.45 Å². The predicted octanol–water partition coefficient (Wildman–Crippen LogP) is 3.46. The zero-order chi connectivity index (χ0) is 13.6. The van der Waals surface area contributed by atoms with Gasteiger partial charge in [0.15, 0.2) is 0 Å². The van der Waals surface area contributed by atoms with Crippen molar-refractivity contribution < 1.29 is 8.85 Å². The Hall–Kier alpha value is 0.0969. The number of nitrogens with zero attached hydrogens (tertiary/aromatic N) is 1. The van der Waals surface area contributed by atoms with E-state index in [1.54, 1.807) is 14.2 Å². The van der Waals surface area contributed by atoms with Crippen LogP contribution in [0.15, 0.2) is 0 Å². The molecule has 4 heteroatoms. The number of hydrogen-bond acceptors (Lipinski definition) is 3. The number of hydrogen-bond donors (Lipinski definition) is 0. The van der Waals surface area contributed by atoms with Gasteiger partial charge in [0, 0.05) is 14.2 Å². The Labute approximate surface area is 116 Å². The molecule has 0 aliphatic heterocycles. The molecule has 3 nitrogen and oxygen atoms in total. The van der Waals surface area contributed by atoms with Crippen LogP contribution in [0.4, 0.5) is 0 Å². The second-order valence-corrected chi connectivity index (χ2v) is 7.22. The molecule has 0 bridgehead atoms. The van der Waals surface area contributed by atoms with Crippen molar-refractivity contribution in [1.82, 2.24) is 4.57 Å². The maximum Gasteiger partial charge on any atom is 0.410 e. The van der Waals surface area contributed by atoms with E-state index in [1.807, 2.05) is 0 Å². The minimum absolute atomic E-state index is 1.14. The summed E-state index contributed by atoms with van der Waals surface area (Å²) < 4.78 is 13.5. The molecule has 0 radical (unpaired) electrons. The molecule has 0 aromatic heterocycles. The molecule has 0 fully saturated rings. The standard InChI is InChI=1S/C14H33NO2Si/c1-5-7-9-11-13-15(18(16-3)17-4)14-12-10-8-6-2/h18H,5-14H2,1-4H3. The summed E-state index contributed by atoms with van der Waals surface area (Å²) in [6.45, 7) is 6.80. The van der Waals surface area contributed by atoms with Crippen LogP contribution in [-0.4, -0.2) is 41.3 Å².